The van der Waals surface area contributed by atoms with Crippen LogP contribution in [0.1, 0.15) is 36.7 Å². The molecule has 11 nitrogen and oxygen atoms in total. The summed E-state index contributed by atoms with van der Waals surface area (Å²) in [6, 6.07) is 16.1. The van der Waals surface area contributed by atoms with Crippen molar-refractivity contribution in [1.82, 2.24) is 35.3 Å². The highest BCUT2D eigenvalue weighted by atomic mass is 35.5. The number of benzene rings is 3. The van der Waals surface area contributed by atoms with Gasteiger partial charge in [0.05, 0.1) is 36.6 Å². The fourth-order valence-electron chi connectivity index (χ4n) is 6.75. The number of nitrogens with zero attached hydrogens (tertiary/aromatic N) is 4. The first-order valence-corrected chi connectivity index (χ1v) is 18.7. The molecule has 0 saturated carbocycles. The number of methoxy groups -OCH3 is 1. The molecule has 5 rings (SSSR count). The number of amides is 2. The van der Waals surface area contributed by atoms with Crippen LogP contribution in [-0.2, 0) is 40.9 Å². The van der Waals surface area contributed by atoms with Crippen molar-refractivity contribution >= 4 is 35.0 Å². The number of halogens is 3. The zero-order valence-electron chi connectivity index (χ0n) is 31.7. The summed E-state index contributed by atoms with van der Waals surface area (Å²) in [6.07, 6.45) is 4.14. The maximum atomic E-state index is 15.4. The van der Waals surface area contributed by atoms with Gasteiger partial charge in [0, 0.05) is 55.5 Å². The Morgan fingerprint density at radius 2 is 1.80 bits per heavy atom. The number of aromatic nitrogens is 2. The van der Waals surface area contributed by atoms with Crippen molar-refractivity contribution in [2.24, 2.45) is 7.05 Å². The first-order valence-electron chi connectivity index (χ1n) is 18.0. The average molecular weight is 783 g/mol. The molecule has 1 aliphatic rings. The van der Waals surface area contributed by atoms with Gasteiger partial charge in [0.15, 0.2) is 0 Å². The number of rotatable bonds is 16. The molecule has 2 heterocycles. The van der Waals surface area contributed by atoms with E-state index < -0.39 is 29.3 Å². The molecule has 2 unspecified atom stereocenters. The zero-order chi connectivity index (χ0) is 39.0. The molecule has 1 saturated heterocycles. The van der Waals surface area contributed by atoms with E-state index in [4.69, 9.17) is 32.7 Å². The lowest BCUT2D eigenvalue weighted by molar-refractivity contribution is -0.142. The molecule has 0 spiro atoms. The van der Waals surface area contributed by atoms with Crippen LogP contribution in [0, 0.1) is 5.82 Å². The van der Waals surface area contributed by atoms with Crippen LogP contribution in [0.5, 0.6) is 11.5 Å². The Bertz CT molecular complexity index is 1880. The first-order chi connectivity index (χ1) is 25.8. The minimum atomic E-state index is -0.944. The van der Waals surface area contributed by atoms with E-state index in [-0.39, 0.29) is 35.4 Å². The van der Waals surface area contributed by atoms with E-state index in [0.29, 0.717) is 30.3 Å². The topological polar surface area (TPSA) is 113 Å². The smallest absolute Gasteiger partial charge is 0.247 e. The van der Waals surface area contributed by atoms with E-state index in [1.54, 1.807) is 31.0 Å². The third kappa shape index (κ3) is 10.2. The molecule has 1 aromatic heterocycles. The molecule has 2 amide bonds. The summed E-state index contributed by atoms with van der Waals surface area (Å²) in [6.45, 7) is 3.76. The summed E-state index contributed by atoms with van der Waals surface area (Å²) >= 11 is 12.4. The van der Waals surface area contributed by atoms with Gasteiger partial charge in [-0.25, -0.2) is 9.37 Å². The highest BCUT2D eigenvalue weighted by molar-refractivity contribution is 6.31. The van der Waals surface area contributed by atoms with Crippen LogP contribution in [0.2, 0.25) is 10.0 Å². The monoisotopic (exact) mass is 781 g/mol. The van der Waals surface area contributed by atoms with Crippen molar-refractivity contribution in [2.75, 3.05) is 47.9 Å². The molecule has 0 bridgehead atoms. The Morgan fingerprint density at radius 3 is 2.44 bits per heavy atom. The van der Waals surface area contributed by atoms with Crippen molar-refractivity contribution in [1.29, 1.82) is 0 Å². The number of ether oxygens (including phenoxy) is 2. The highest BCUT2D eigenvalue weighted by Gasteiger charge is 2.41. The molecule has 3 N–H and O–H groups in total. The van der Waals surface area contributed by atoms with Gasteiger partial charge < -0.3 is 39.8 Å². The number of imidazole rings is 1. The molecular formula is C40H50Cl2FN7O4. The molecule has 4 aromatic rings. The predicted molar refractivity (Wildman–Crippen MR) is 210 cm³/mol. The molecule has 3 atom stereocenters. The number of piperidine rings is 1. The average Bonchev–Trinajstić information content (AvgIpc) is 3.50. The van der Waals surface area contributed by atoms with E-state index >= 15 is 4.39 Å². The highest BCUT2D eigenvalue weighted by Crippen LogP contribution is 2.33. The van der Waals surface area contributed by atoms with E-state index in [0.717, 1.165) is 42.0 Å². The molecule has 1 aliphatic heterocycles. The maximum Gasteiger partial charge on any atom is 0.247 e. The fraction of sp³-hybridized carbons (Fsp3) is 0.425. The van der Waals surface area contributed by atoms with Crippen molar-refractivity contribution in [3.63, 3.8) is 0 Å². The second kappa shape index (κ2) is 18.5. The van der Waals surface area contributed by atoms with Crippen LogP contribution >= 0.6 is 23.2 Å². The van der Waals surface area contributed by atoms with Gasteiger partial charge in [-0.2, -0.15) is 0 Å². The summed E-state index contributed by atoms with van der Waals surface area (Å²) in [7, 11) is 9.23. The summed E-state index contributed by atoms with van der Waals surface area (Å²) < 4.78 is 29.0. The van der Waals surface area contributed by atoms with Gasteiger partial charge in [-0.15, -0.1) is 0 Å². The van der Waals surface area contributed by atoms with E-state index in [1.165, 1.54) is 19.2 Å². The minimum Gasteiger partial charge on any atom is -0.457 e. The van der Waals surface area contributed by atoms with Crippen molar-refractivity contribution in [2.45, 2.75) is 56.9 Å². The third-order valence-corrected chi connectivity index (χ3v) is 10.4. The summed E-state index contributed by atoms with van der Waals surface area (Å²) in [5.74, 6) is 0.340. The Morgan fingerprint density at radius 1 is 1.07 bits per heavy atom. The Labute approximate surface area is 327 Å². The van der Waals surface area contributed by atoms with Gasteiger partial charge in [0.1, 0.15) is 29.2 Å². The first kappa shape index (κ1) is 41.1. The lowest BCUT2D eigenvalue weighted by Gasteiger charge is -2.46. The van der Waals surface area contributed by atoms with Crippen molar-refractivity contribution in [3.05, 3.63) is 99.7 Å². The second-order valence-electron chi connectivity index (χ2n) is 14.2. The molecule has 0 aliphatic carbocycles. The van der Waals surface area contributed by atoms with E-state index in [1.807, 2.05) is 68.3 Å². The molecule has 0 radical (unpaired) electrons. The van der Waals surface area contributed by atoms with Gasteiger partial charge in [-0.3, -0.25) is 9.59 Å². The van der Waals surface area contributed by atoms with Crippen LogP contribution in [0.25, 0.3) is 11.3 Å². The number of likely N-dealkylation sites (N-methyl/N-ethyl adjacent to an activating group) is 1. The van der Waals surface area contributed by atoms with Gasteiger partial charge in [0.25, 0.3) is 0 Å². The van der Waals surface area contributed by atoms with Crippen molar-refractivity contribution in [3.8, 4) is 22.8 Å². The van der Waals surface area contributed by atoms with Crippen LogP contribution in [0.4, 0.5) is 4.39 Å². The normalized spacial score (nSPS) is 16.9. The molecule has 54 heavy (non-hydrogen) atoms. The maximum absolute atomic E-state index is 15.4. The summed E-state index contributed by atoms with van der Waals surface area (Å²) in [5.41, 5.74) is 2.64. The lowest BCUT2D eigenvalue weighted by Crippen LogP contribution is -2.64. The number of nitrogens with one attached hydrogen (secondary N) is 3. The number of hydrogen-bond acceptors (Lipinski definition) is 8. The fourth-order valence-corrected chi connectivity index (χ4v) is 7.07. The lowest BCUT2D eigenvalue weighted by atomic mass is 9.82. The SMILES string of the molecule is COCC(NC(=O)C(C)NCc1c(F)cc(Cl)cc1Oc1ccc(-c2cnc(CN(C)C)n2C)cc1)C(=O)N(C)[C@@]1(Cc2ccc(Cl)cc2)CCCNC1. The Kier molecular flexibility index (Phi) is 14.1. The second-order valence-corrected chi connectivity index (χ2v) is 15.0. The largest absolute Gasteiger partial charge is 0.457 e. The molecular weight excluding hydrogens is 732 g/mol. The number of carbonyl (C=O) groups is 2. The molecule has 3 aromatic carbocycles. The van der Waals surface area contributed by atoms with Gasteiger partial charge in [-0.1, -0.05) is 35.3 Å². The van der Waals surface area contributed by atoms with Gasteiger partial charge >= 0.3 is 0 Å². The van der Waals surface area contributed by atoms with E-state index in [9.17, 15) is 9.59 Å². The van der Waals surface area contributed by atoms with Gasteiger partial charge in [0.2, 0.25) is 11.8 Å². The Balaban J connectivity index is 1.25. The minimum absolute atomic E-state index is 0.0213. The molecule has 290 valence electrons. The van der Waals surface area contributed by atoms with Crippen LogP contribution in [0.15, 0.2) is 66.9 Å². The quantitative estimate of drug-likeness (QED) is 0.131. The Hall–Kier alpha value is -4.04. The summed E-state index contributed by atoms with van der Waals surface area (Å²) in [5, 5.41) is 10.2. The predicted octanol–water partition coefficient (Wildman–Crippen LogP) is 5.82. The third-order valence-electron chi connectivity index (χ3n) is 9.90. The number of hydrogen-bond donors (Lipinski definition) is 3. The van der Waals surface area contributed by atoms with Crippen LogP contribution in [0.3, 0.4) is 0 Å². The molecule has 14 heteroatoms. The standard InChI is InChI=1S/C40H50Cl2FN7O4/c1-26(38(51)47-34(24-53-6)39(52)50(5)40(16-7-17-44-25-40)20-27-8-12-29(41)13-9-27)45-21-32-33(43)18-30(42)19-36(32)54-31-14-10-28(11-15-31)35-22-46-37(49(35)4)23-48(2)3/h8-15,18-19,22,26,34,44-45H,7,16-17,20-21,23-25H2,1-6H3,(H,47,51)/t26?,34?,40-/m1/s1. The molecule has 1 fully saturated rings. The summed E-state index contributed by atoms with van der Waals surface area (Å²) in [4.78, 5) is 35.9. The van der Waals surface area contributed by atoms with Crippen LogP contribution in [-0.4, -0.2) is 96.7 Å². The van der Waals surface area contributed by atoms with Crippen molar-refractivity contribution < 1.29 is 23.5 Å². The zero-order valence-corrected chi connectivity index (χ0v) is 33.2. The van der Waals surface area contributed by atoms with Gasteiger partial charge in [-0.05, 0) is 101 Å². The van der Waals surface area contributed by atoms with E-state index in [2.05, 4.69) is 25.8 Å². The van der Waals surface area contributed by atoms with Crippen LogP contribution < -0.4 is 20.7 Å². The number of carbonyl (C=O) groups excluding carboxylic acids is 2.